The van der Waals surface area contributed by atoms with E-state index < -0.39 is 24.1 Å². The number of urea groups is 1. The van der Waals surface area contributed by atoms with E-state index in [1.807, 2.05) is 18.2 Å². The molecule has 0 aliphatic carbocycles. The van der Waals surface area contributed by atoms with Crippen LogP contribution in [0.5, 0.6) is 0 Å². The molecule has 1 aromatic carbocycles. The van der Waals surface area contributed by atoms with E-state index in [0.29, 0.717) is 19.0 Å². The highest BCUT2D eigenvalue weighted by molar-refractivity contribution is 5.86. The number of piperidine rings is 1. The van der Waals surface area contributed by atoms with Crippen LogP contribution in [-0.2, 0) is 4.79 Å². The Bertz CT molecular complexity index is 527. The maximum absolute atomic E-state index is 12.2. The second kappa shape index (κ2) is 7.94. The number of amides is 3. The summed E-state index contributed by atoms with van der Waals surface area (Å²) in [6.07, 6.45) is 0.597. The van der Waals surface area contributed by atoms with Crippen LogP contribution in [0.25, 0.3) is 0 Å². The minimum atomic E-state index is -1.18. The standard InChI is InChI=1S/C16H23N3O4/c1-11(20)14(15(21)18-23)17-16(22)19-9-7-13(8-10-19)12-5-3-2-4-6-12/h2-6,11,13-14,20,23H,7-10H2,1H3,(H,17,22)(H,18,21)/t11-,14-/m1/s1. The van der Waals surface area contributed by atoms with E-state index in [-0.39, 0.29) is 0 Å². The molecule has 0 spiro atoms. The minimum Gasteiger partial charge on any atom is -0.391 e. The molecule has 23 heavy (non-hydrogen) atoms. The SMILES string of the molecule is C[C@@H](O)[C@@H](NC(=O)N1CCC(c2ccccc2)CC1)C(=O)NO. The number of nitrogens with zero attached hydrogens (tertiary/aromatic N) is 1. The van der Waals surface area contributed by atoms with Gasteiger partial charge in [-0.2, -0.15) is 0 Å². The van der Waals surface area contributed by atoms with Gasteiger partial charge in [0.05, 0.1) is 6.10 Å². The molecule has 1 heterocycles. The largest absolute Gasteiger partial charge is 0.391 e. The summed E-state index contributed by atoms with van der Waals surface area (Å²) in [6.45, 7) is 2.54. The smallest absolute Gasteiger partial charge is 0.318 e. The highest BCUT2D eigenvalue weighted by atomic mass is 16.5. The lowest BCUT2D eigenvalue weighted by molar-refractivity contribution is -0.133. The van der Waals surface area contributed by atoms with Gasteiger partial charge in [0.25, 0.3) is 5.91 Å². The lowest BCUT2D eigenvalue weighted by atomic mass is 9.90. The molecule has 1 aliphatic rings. The maximum atomic E-state index is 12.2. The highest BCUT2D eigenvalue weighted by Gasteiger charge is 2.29. The van der Waals surface area contributed by atoms with E-state index in [9.17, 15) is 14.7 Å². The van der Waals surface area contributed by atoms with Gasteiger partial charge < -0.3 is 15.3 Å². The normalized spacial score (nSPS) is 18.1. The van der Waals surface area contributed by atoms with Crippen molar-refractivity contribution >= 4 is 11.9 Å². The number of carbonyl (C=O) groups is 2. The molecule has 4 N–H and O–H groups in total. The molecule has 0 radical (unpaired) electrons. The minimum absolute atomic E-state index is 0.411. The van der Waals surface area contributed by atoms with E-state index in [1.54, 1.807) is 4.90 Å². The van der Waals surface area contributed by atoms with Crippen LogP contribution in [0.2, 0.25) is 0 Å². The van der Waals surface area contributed by atoms with E-state index in [0.717, 1.165) is 12.8 Å². The fourth-order valence-corrected chi connectivity index (χ4v) is 2.84. The van der Waals surface area contributed by atoms with Gasteiger partial charge in [0, 0.05) is 13.1 Å². The van der Waals surface area contributed by atoms with Gasteiger partial charge in [0.1, 0.15) is 6.04 Å². The van der Waals surface area contributed by atoms with Gasteiger partial charge in [-0.15, -0.1) is 0 Å². The highest BCUT2D eigenvalue weighted by Crippen LogP contribution is 2.27. The molecule has 2 atom stereocenters. The van der Waals surface area contributed by atoms with Crippen molar-refractivity contribution in [2.24, 2.45) is 0 Å². The number of aliphatic hydroxyl groups excluding tert-OH is 1. The zero-order valence-corrected chi connectivity index (χ0v) is 13.1. The third-order valence-corrected chi connectivity index (χ3v) is 4.21. The Labute approximate surface area is 135 Å². The van der Waals surface area contributed by atoms with Crippen LogP contribution in [-0.4, -0.2) is 52.4 Å². The molecule has 0 bridgehead atoms. The van der Waals surface area contributed by atoms with Gasteiger partial charge in [0.15, 0.2) is 0 Å². The quantitative estimate of drug-likeness (QED) is 0.487. The molecule has 7 heteroatoms. The van der Waals surface area contributed by atoms with Crippen molar-refractivity contribution in [1.29, 1.82) is 0 Å². The van der Waals surface area contributed by atoms with E-state index in [1.165, 1.54) is 18.0 Å². The van der Waals surface area contributed by atoms with Crippen molar-refractivity contribution in [3.05, 3.63) is 35.9 Å². The number of carbonyl (C=O) groups excluding carboxylic acids is 2. The molecule has 0 aromatic heterocycles. The number of aliphatic hydroxyl groups is 1. The van der Waals surface area contributed by atoms with Crippen molar-refractivity contribution in [3.8, 4) is 0 Å². The zero-order chi connectivity index (χ0) is 16.8. The van der Waals surface area contributed by atoms with Gasteiger partial charge in [-0.1, -0.05) is 30.3 Å². The first-order valence-corrected chi connectivity index (χ1v) is 7.75. The Morgan fingerprint density at radius 1 is 1.22 bits per heavy atom. The second-order valence-electron chi connectivity index (χ2n) is 5.82. The summed E-state index contributed by atoms with van der Waals surface area (Å²) in [5, 5.41) is 20.7. The number of hydrogen-bond acceptors (Lipinski definition) is 4. The van der Waals surface area contributed by atoms with E-state index in [2.05, 4.69) is 17.4 Å². The Morgan fingerprint density at radius 3 is 2.35 bits per heavy atom. The lowest BCUT2D eigenvalue weighted by Crippen LogP contribution is -2.56. The first-order chi connectivity index (χ1) is 11.0. The molecule has 7 nitrogen and oxygen atoms in total. The third kappa shape index (κ3) is 4.43. The molecule has 3 amide bonds. The zero-order valence-electron chi connectivity index (χ0n) is 13.1. The summed E-state index contributed by atoms with van der Waals surface area (Å²) in [5.41, 5.74) is 2.72. The van der Waals surface area contributed by atoms with Gasteiger partial charge in [-0.05, 0) is 31.2 Å². The average Bonchev–Trinajstić information content (AvgIpc) is 2.59. The summed E-state index contributed by atoms with van der Waals surface area (Å²) in [7, 11) is 0. The molecule has 1 fully saturated rings. The van der Waals surface area contributed by atoms with Crippen LogP contribution in [0, 0.1) is 0 Å². The number of likely N-dealkylation sites (tertiary alicyclic amines) is 1. The van der Waals surface area contributed by atoms with Gasteiger partial charge >= 0.3 is 6.03 Å². The Kier molecular flexibility index (Phi) is 5.95. The summed E-state index contributed by atoms with van der Waals surface area (Å²) in [4.78, 5) is 25.3. The van der Waals surface area contributed by atoms with Crippen molar-refractivity contribution in [3.63, 3.8) is 0 Å². The molecular weight excluding hydrogens is 298 g/mol. The summed E-state index contributed by atoms with van der Waals surface area (Å²) in [5.74, 6) is -0.416. The second-order valence-corrected chi connectivity index (χ2v) is 5.82. The first-order valence-electron chi connectivity index (χ1n) is 7.75. The van der Waals surface area contributed by atoms with Crippen LogP contribution >= 0.6 is 0 Å². The van der Waals surface area contributed by atoms with Crippen molar-refractivity contribution in [2.45, 2.75) is 37.8 Å². The molecule has 0 saturated carbocycles. The third-order valence-electron chi connectivity index (χ3n) is 4.21. The van der Waals surface area contributed by atoms with Crippen molar-refractivity contribution in [2.75, 3.05) is 13.1 Å². The number of nitrogens with one attached hydrogen (secondary N) is 2. The van der Waals surface area contributed by atoms with Crippen molar-refractivity contribution in [1.82, 2.24) is 15.7 Å². The summed E-state index contributed by atoms with van der Waals surface area (Å²) >= 11 is 0. The fraction of sp³-hybridized carbons (Fsp3) is 0.500. The van der Waals surface area contributed by atoms with Gasteiger partial charge in [0.2, 0.25) is 0 Å². The van der Waals surface area contributed by atoms with E-state index in [4.69, 9.17) is 5.21 Å². The molecule has 1 aliphatic heterocycles. The molecule has 1 aromatic rings. The molecule has 2 rings (SSSR count). The number of benzene rings is 1. The van der Waals surface area contributed by atoms with Crippen LogP contribution in [0.15, 0.2) is 30.3 Å². The molecular formula is C16H23N3O4. The first kappa shape index (κ1) is 17.2. The summed E-state index contributed by atoms with van der Waals surface area (Å²) in [6, 6.07) is 8.59. The van der Waals surface area contributed by atoms with Gasteiger partial charge in [-0.25, -0.2) is 10.3 Å². The molecule has 126 valence electrons. The number of hydroxylamine groups is 1. The monoisotopic (exact) mass is 321 g/mol. The average molecular weight is 321 g/mol. The van der Waals surface area contributed by atoms with Gasteiger partial charge in [-0.3, -0.25) is 10.0 Å². The number of hydrogen-bond donors (Lipinski definition) is 4. The predicted octanol–water partition coefficient (Wildman–Crippen LogP) is 0.830. The predicted molar refractivity (Wildman–Crippen MR) is 83.9 cm³/mol. The van der Waals surface area contributed by atoms with Crippen LogP contribution in [0.1, 0.15) is 31.2 Å². The Hall–Kier alpha value is -2.12. The topological polar surface area (TPSA) is 102 Å². The Balaban J connectivity index is 1.89. The van der Waals surface area contributed by atoms with Crippen molar-refractivity contribution < 1.29 is 19.9 Å². The fourth-order valence-electron chi connectivity index (χ4n) is 2.84. The number of rotatable bonds is 4. The summed E-state index contributed by atoms with van der Waals surface area (Å²) < 4.78 is 0. The van der Waals surface area contributed by atoms with Crippen LogP contribution < -0.4 is 10.8 Å². The molecule has 0 unspecified atom stereocenters. The van der Waals surface area contributed by atoms with Crippen LogP contribution in [0.4, 0.5) is 4.79 Å². The maximum Gasteiger partial charge on any atom is 0.318 e. The molecule has 1 saturated heterocycles. The van der Waals surface area contributed by atoms with Crippen LogP contribution in [0.3, 0.4) is 0 Å². The van der Waals surface area contributed by atoms with E-state index >= 15 is 0 Å². The lowest BCUT2D eigenvalue weighted by Gasteiger charge is -2.33. The Morgan fingerprint density at radius 2 is 1.83 bits per heavy atom.